The van der Waals surface area contributed by atoms with Crippen molar-refractivity contribution in [2.45, 2.75) is 50.1 Å². The van der Waals surface area contributed by atoms with Crippen LogP contribution in [0.25, 0.3) is 0 Å². The third-order valence-electron chi connectivity index (χ3n) is 4.17. The molecule has 2 aliphatic rings. The second kappa shape index (κ2) is 5.71. The van der Waals surface area contributed by atoms with Gasteiger partial charge in [-0.3, -0.25) is 14.5 Å². The van der Waals surface area contributed by atoms with E-state index in [1.165, 1.54) is 7.05 Å². The highest BCUT2D eigenvalue weighted by atomic mass is 16.4. The summed E-state index contributed by atoms with van der Waals surface area (Å²) in [5, 5.41) is 14.2. The van der Waals surface area contributed by atoms with Gasteiger partial charge in [0.25, 0.3) is 5.91 Å². The highest BCUT2D eigenvalue weighted by Gasteiger charge is 2.43. The van der Waals surface area contributed by atoms with Gasteiger partial charge in [-0.15, -0.1) is 0 Å². The first-order valence-electron chi connectivity index (χ1n) is 6.98. The average molecular weight is 297 g/mol. The van der Waals surface area contributed by atoms with E-state index in [4.69, 9.17) is 0 Å². The number of piperidine rings is 1. The zero-order chi connectivity index (χ0) is 15.6. The van der Waals surface area contributed by atoms with Crippen LogP contribution in [0.15, 0.2) is 0 Å². The molecule has 21 heavy (non-hydrogen) atoms. The summed E-state index contributed by atoms with van der Waals surface area (Å²) in [6.07, 6.45) is 2.66. The maximum atomic E-state index is 12.0. The lowest BCUT2D eigenvalue weighted by molar-refractivity contribution is -0.147. The molecule has 0 aromatic heterocycles. The Balaban J connectivity index is 1.97. The van der Waals surface area contributed by atoms with E-state index < -0.39 is 29.5 Å². The molecule has 8 heteroatoms. The summed E-state index contributed by atoms with van der Waals surface area (Å²) < 4.78 is 0. The van der Waals surface area contributed by atoms with Gasteiger partial charge in [0.15, 0.2) is 0 Å². The SMILES string of the molecule is CN1C(=O)CCC(NC(=O)NC2(C(=O)O)CCCC2)C1=O. The van der Waals surface area contributed by atoms with E-state index in [1.54, 1.807) is 0 Å². The minimum Gasteiger partial charge on any atom is -0.480 e. The van der Waals surface area contributed by atoms with Crippen molar-refractivity contribution >= 4 is 23.8 Å². The maximum Gasteiger partial charge on any atom is 0.329 e. The van der Waals surface area contributed by atoms with Crippen LogP contribution in [0, 0.1) is 0 Å². The first kappa shape index (κ1) is 15.3. The van der Waals surface area contributed by atoms with Gasteiger partial charge >= 0.3 is 12.0 Å². The predicted octanol–water partition coefficient (Wildman–Crippen LogP) is -0.170. The van der Waals surface area contributed by atoms with Crippen molar-refractivity contribution in [1.29, 1.82) is 0 Å². The van der Waals surface area contributed by atoms with E-state index in [1.807, 2.05) is 0 Å². The van der Waals surface area contributed by atoms with E-state index in [0.717, 1.165) is 17.7 Å². The molecule has 1 saturated heterocycles. The van der Waals surface area contributed by atoms with Gasteiger partial charge in [-0.2, -0.15) is 0 Å². The van der Waals surface area contributed by atoms with E-state index >= 15 is 0 Å². The number of aliphatic carboxylic acids is 1. The number of hydrogen-bond donors (Lipinski definition) is 3. The number of rotatable bonds is 3. The van der Waals surface area contributed by atoms with Gasteiger partial charge in [0.05, 0.1) is 0 Å². The Morgan fingerprint density at radius 1 is 1.29 bits per heavy atom. The normalized spacial score (nSPS) is 24.8. The van der Waals surface area contributed by atoms with E-state index in [9.17, 15) is 24.3 Å². The number of hydrogen-bond acceptors (Lipinski definition) is 4. The number of amides is 4. The monoisotopic (exact) mass is 297 g/mol. The smallest absolute Gasteiger partial charge is 0.329 e. The summed E-state index contributed by atoms with van der Waals surface area (Å²) in [7, 11) is 1.37. The second-order valence-corrected chi connectivity index (χ2v) is 5.58. The number of carbonyl (C=O) groups is 4. The van der Waals surface area contributed by atoms with Crippen molar-refractivity contribution in [2.24, 2.45) is 0 Å². The zero-order valence-electron chi connectivity index (χ0n) is 11.8. The molecule has 4 amide bonds. The predicted molar refractivity (Wildman–Crippen MR) is 71.3 cm³/mol. The minimum atomic E-state index is -1.25. The number of likely N-dealkylation sites (tertiary alicyclic amines) is 1. The second-order valence-electron chi connectivity index (χ2n) is 5.58. The third-order valence-corrected chi connectivity index (χ3v) is 4.17. The molecule has 3 N–H and O–H groups in total. The molecule has 1 saturated carbocycles. The Labute approximate surface area is 121 Å². The van der Waals surface area contributed by atoms with Gasteiger partial charge in [0.1, 0.15) is 11.6 Å². The third kappa shape index (κ3) is 2.98. The molecular weight excluding hydrogens is 278 g/mol. The molecule has 1 atom stereocenters. The van der Waals surface area contributed by atoms with E-state index in [0.29, 0.717) is 12.8 Å². The lowest BCUT2D eigenvalue weighted by Crippen LogP contribution is -2.60. The molecule has 1 unspecified atom stereocenters. The minimum absolute atomic E-state index is 0.178. The number of nitrogens with one attached hydrogen (secondary N) is 2. The fourth-order valence-corrected chi connectivity index (χ4v) is 2.83. The highest BCUT2D eigenvalue weighted by molar-refractivity contribution is 6.01. The van der Waals surface area contributed by atoms with Crippen LogP contribution >= 0.6 is 0 Å². The molecule has 116 valence electrons. The van der Waals surface area contributed by atoms with Gasteiger partial charge in [0.2, 0.25) is 5.91 Å². The van der Waals surface area contributed by atoms with E-state index in [2.05, 4.69) is 10.6 Å². The van der Waals surface area contributed by atoms with Crippen LogP contribution in [-0.2, 0) is 14.4 Å². The molecule has 1 aliphatic heterocycles. The number of carbonyl (C=O) groups excluding carboxylic acids is 3. The molecule has 1 aliphatic carbocycles. The largest absolute Gasteiger partial charge is 0.480 e. The standard InChI is InChI=1S/C13H19N3O5/c1-16-9(17)5-4-8(10(16)18)14-12(21)15-13(11(19)20)6-2-3-7-13/h8H,2-7H2,1H3,(H,19,20)(H2,14,15,21). The molecule has 1 heterocycles. The lowest BCUT2D eigenvalue weighted by Gasteiger charge is -2.30. The summed E-state index contributed by atoms with van der Waals surface area (Å²) in [5.74, 6) is -1.81. The highest BCUT2D eigenvalue weighted by Crippen LogP contribution is 2.29. The fraction of sp³-hybridized carbons (Fsp3) is 0.692. The van der Waals surface area contributed by atoms with Crippen LogP contribution < -0.4 is 10.6 Å². The molecule has 8 nitrogen and oxygen atoms in total. The Bertz CT molecular complexity index is 484. The van der Waals surface area contributed by atoms with Gasteiger partial charge in [0, 0.05) is 13.5 Å². The van der Waals surface area contributed by atoms with Gasteiger partial charge < -0.3 is 15.7 Å². The van der Waals surface area contributed by atoms with Gasteiger partial charge in [-0.25, -0.2) is 9.59 Å². The van der Waals surface area contributed by atoms with Crippen LogP contribution in [-0.4, -0.2) is 52.4 Å². The summed E-state index contributed by atoms with van der Waals surface area (Å²) in [6, 6.07) is -1.47. The van der Waals surface area contributed by atoms with Crippen molar-refractivity contribution in [1.82, 2.24) is 15.5 Å². The molecule has 0 aromatic carbocycles. The van der Waals surface area contributed by atoms with Crippen LogP contribution in [0.2, 0.25) is 0 Å². The lowest BCUT2D eigenvalue weighted by atomic mass is 9.98. The number of nitrogens with zero attached hydrogens (tertiary/aromatic N) is 1. The maximum absolute atomic E-state index is 12.0. The van der Waals surface area contributed by atoms with Crippen LogP contribution in [0.3, 0.4) is 0 Å². The van der Waals surface area contributed by atoms with Gasteiger partial charge in [-0.05, 0) is 19.3 Å². The van der Waals surface area contributed by atoms with Crippen LogP contribution in [0.4, 0.5) is 4.79 Å². The molecule has 0 aromatic rings. The van der Waals surface area contributed by atoms with Crippen molar-refractivity contribution < 1.29 is 24.3 Å². The van der Waals surface area contributed by atoms with Crippen molar-refractivity contribution in [3.05, 3.63) is 0 Å². The van der Waals surface area contributed by atoms with Crippen LogP contribution in [0.5, 0.6) is 0 Å². The van der Waals surface area contributed by atoms with Crippen molar-refractivity contribution in [2.75, 3.05) is 7.05 Å². The molecule has 0 radical (unpaired) electrons. The first-order valence-corrected chi connectivity index (χ1v) is 6.98. The topological polar surface area (TPSA) is 116 Å². The summed E-state index contributed by atoms with van der Waals surface area (Å²) in [6.45, 7) is 0. The number of carboxylic acid groups (broad SMARTS) is 1. The Morgan fingerprint density at radius 2 is 1.90 bits per heavy atom. The molecule has 2 fully saturated rings. The van der Waals surface area contributed by atoms with Gasteiger partial charge in [-0.1, -0.05) is 12.8 Å². The quantitative estimate of drug-likeness (QED) is 0.625. The molecular formula is C13H19N3O5. The number of likely N-dealkylation sites (N-methyl/N-ethyl adjacent to an activating group) is 1. The first-order chi connectivity index (χ1) is 9.85. The number of urea groups is 1. The van der Waals surface area contributed by atoms with Crippen LogP contribution in [0.1, 0.15) is 38.5 Å². The summed E-state index contributed by atoms with van der Waals surface area (Å²) >= 11 is 0. The molecule has 0 spiro atoms. The fourth-order valence-electron chi connectivity index (χ4n) is 2.83. The average Bonchev–Trinajstić information content (AvgIpc) is 2.89. The number of carboxylic acids is 1. The zero-order valence-corrected chi connectivity index (χ0v) is 11.8. The Hall–Kier alpha value is -2.12. The Kier molecular flexibility index (Phi) is 4.15. The van der Waals surface area contributed by atoms with Crippen molar-refractivity contribution in [3.63, 3.8) is 0 Å². The van der Waals surface area contributed by atoms with E-state index in [-0.39, 0.29) is 18.7 Å². The number of imide groups is 1. The summed E-state index contributed by atoms with van der Waals surface area (Å²) in [4.78, 5) is 47.5. The Morgan fingerprint density at radius 3 is 2.48 bits per heavy atom. The summed E-state index contributed by atoms with van der Waals surface area (Å²) in [5.41, 5.74) is -1.25. The molecule has 2 rings (SSSR count). The van der Waals surface area contributed by atoms with Crippen molar-refractivity contribution in [3.8, 4) is 0 Å². The molecule has 0 bridgehead atoms.